The van der Waals surface area contributed by atoms with E-state index in [2.05, 4.69) is 24.5 Å². The molecule has 0 heterocycles. The van der Waals surface area contributed by atoms with Crippen LogP contribution in [0.1, 0.15) is 19.4 Å². The zero-order chi connectivity index (χ0) is 16.2. The Morgan fingerprint density at radius 3 is 2.36 bits per heavy atom. The molecular weight excluding hydrogens is 319 g/mol. The summed E-state index contributed by atoms with van der Waals surface area (Å²) in [6.07, 6.45) is 0. The van der Waals surface area contributed by atoms with E-state index in [1.807, 2.05) is 24.3 Å². The van der Waals surface area contributed by atoms with E-state index in [1.54, 1.807) is 24.3 Å². The molecule has 0 unspecified atom stereocenters. The van der Waals surface area contributed by atoms with Gasteiger partial charge in [-0.3, -0.25) is 0 Å². The number of anilines is 1. The monoisotopic (exact) mass is 336 g/mol. The van der Waals surface area contributed by atoms with Crippen molar-refractivity contribution < 1.29 is 4.79 Å². The number of halogens is 2. The molecule has 0 fully saturated rings. The number of amides is 2. The van der Waals surface area contributed by atoms with Crippen LogP contribution < -0.4 is 10.6 Å². The van der Waals surface area contributed by atoms with Crippen LogP contribution in [0.3, 0.4) is 0 Å². The highest BCUT2D eigenvalue weighted by atomic mass is 35.5. The molecule has 0 bridgehead atoms. The van der Waals surface area contributed by atoms with Gasteiger partial charge in [-0.15, -0.1) is 0 Å². The highest BCUT2D eigenvalue weighted by Gasteiger charge is 2.21. The van der Waals surface area contributed by atoms with Crippen molar-refractivity contribution >= 4 is 34.9 Å². The average molecular weight is 337 g/mol. The third-order valence-electron chi connectivity index (χ3n) is 3.40. The fraction of sp³-hybridized carbons (Fsp3) is 0.235. The van der Waals surface area contributed by atoms with Crippen LogP contribution in [-0.4, -0.2) is 12.6 Å². The van der Waals surface area contributed by atoms with Gasteiger partial charge in [0.25, 0.3) is 0 Å². The second kappa shape index (κ2) is 7.03. The molecule has 2 aromatic carbocycles. The Morgan fingerprint density at radius 1 is 1.05 bits per heavy atom. The van der Waals surface area contributed by atoms with E-state index in [1.165, 1.54) is 0 Å². The molecule has 0 aliphatic rings. The van der Waals surface area contributed by atoms with E-state index in [-0.39, 0.29) is 11.4 Å². The maximum Gasteiger partial charge on any atom is 0.319 e. The molecule has 0 aliphatic heterocycles. The van der Waals surface area contributed by atoms with Gasteiger partial charge in [-0.05, 0) is 35.9 Å². The van der Waals surface area contributed by atoms with Crippen LogP contribution >= 0.6 is 23.2 Å². The number of hydrogen-bond donors (Lipinski definition) is 2. The lowest BCUT2D eigenvalue weighted by Gasteiger charge is -2.25. The molecule has 3 nitrogen and oxygen atoms in total. The summed E-state index contributed by atoms with van der Waals surface area (Å²) in [6, 6.07) is 14.4. The molecule has 0 atom stereocenters. The first-order valence-corrected chi connectivity index (χ1v) is 7.69. The molecule has 2 rings (SSSR count). The summed E-state index contributed by atoms with van der Waals surface area (Å²) < 4.78 is 0. The Hall–Kier alpha value is -1.71. The van der Waals surface area contributed by atoms with Gasteiger partial charge >= 0.3 is 6.03 Å². The molecule has 0 aliphatic carbocycles. The smallest absolute Gasteiger partial charge is 0.319 e. The SMILES string of the molecule is CC(C)(CNC(=O)Nc1cccc(Cl)c1)c1ccc(Cl)cc1. The minimum absolute atomic E-state index is 0.198. The largest absolute Gasteiger partial charge is 0.337 e. The van der Waals surface area contributed by atoms with Gasteiger partial charge in [0.15, 0.2) is 0 Å². The molecule has 0 spiro atoms. The topological polar surface area (TPSA) is 41.1 Å². The number of urea groups is 1. The van der Waals surface area contributed by atoms with Crippen molar-refractivity contribution in [2.75, 3.05) is 11.9 Å². The van der Waals surface area contributed by atoms with E-state index in [4.69, 9.17) is 23.2 Å². The van der Waals surface area contributed by atoms with Gasteiger partial charge in [0, 0.05) is 27.7 Å². The summed E-state index contributed by atoms with van der Waals surface area (Å²) in [7, 11) is 0. The molecule has 0 radical (unpaired) electrons. The van der Waals surface area contributed by atoms with Crippen LogP contribution in [0.5, 0.6) is 0 Å². The number of nitrogens with one attached hydrogen (secondary N) is 2. The summed E-state index contributed by atoms with van der Waals surface area (Å²) >= 11 is 11.8. The average Bonchev–Trinajstić information content (AvgIpc) is 2.46. The van der Waals surface area contributed by atoms with Gasteiger partial charge in [-0.25, -0.2) is 4.79 Å². The summed E-state index contributed by atoms with van der Waals surface area (Å²) in [5.41, 5.74) is 1.57. The molecule has 116 valence electrons. The van der Waals surface area contributed by atoms with Crippen LogP contribution in [-0.2, 0) is 5.41 Å². The van der Waals surface area contributed by atoms with Crippen LogP contribution in [0.2, 0.25) is 10.0 Å². The predicted molar refractivity (Wildman–Crippen MR) is 93.0 cm³/mol. The summed E-state index contributed by atoms with van der Waals surface area (Å²) in [6.45, 7) is 4.63. The second-order valence-corrected chi connectivity index (χ2v) is 6.58. The Kier molecular flexibility index (Phi) is 5.33. The Morgan fingerprint density at radius 2 is 1.73 bits per heavy atom. The maximum atomic E-state index is 12.0. The van der Waals surface area contributed by atoms with Crippen molar-refractivity contribution in [2.45, 2.75) is 19.3 Å². The number of benzene rings is 2. The van der Waals surface area contributed by atoms with Crippen molar-refractivity contribution in [3.63, 3.8) is 0 Å². The first-order chi connectivity index (χ1) is 10.4. The Bertz CT molecular complexity index is 654. The minimum Gasteiger partial charge on any atom is -0.337 e. The molecule has 0 aromatic heterocycles. The Balaban J connectivity index is 1.93. The van der Waals surface area contributed by atoms with Crippen molar-refractivity contribution in [1.29, 1.82) is 0 Å². The molecule has 2 aromatic rings. The standard InChI is InChI=1S/C17H18Cl2N2O/c1-17(2,12-6-8-13(18)9-7-12)11-20-16(22)21-15-5-3-4-14(19)10-15/h3-10H,11H2,1-2H3,(H2,20,21,22). The molecule has 5 heteroatoms. The van der Waals surface area contributed by atoms with Gasteiger partial charge in [0.05, 0.1) is 0 Å². The van der Waals surface area contributed by atoms with Crippen molar-refractivity contribution in [1.82, 2.24) is 5.32 Å². The minimum atomic E-state index is -0.260. The zero-order valence-electron chi connectivity index (χ0n) is 12.5. The lowest BCUT2D eigenvalue weighted by molar-refractivity contribution is 0.249. The molecule has 2 amide bonds. The predicted octanol–water partition coefficient (Wildman–Crippen LogP) is 5.09. The second-order valence-electron chi connectivity index (χ2n) is 5.71. The molecule has 2 N–H and O–H groups in total. The quantitative estimate of drug-likeness (QED) is 0.801. The van der Waals surface area contributed by atoms with Gasteiger partial charge in [-0.2, -0.15) is 0 Å². The number of carbonyl (C=O) groups excluding carboxylic acids is 1. The third kappa shape index (κ3) is 4.65. The molecule has 0 saturated heterocycles. The fourth-order valence-electron chi connectivity index (χ4n) is 2.05. The van der Waals surface area contributed by atoms with E-state index >= 15 is 0 Å². The Labute approximate surface area is 140 Å². The lowest BCUT2D eigenvalue weighted by Crippen LogP contribution is -2.38. The maximum absolute atomic E-state index is 12.0. The van der Waals surface area contributed by atoms with Crippen molar-refractivity contribution in [2.24, 2.45) is 0 Å². The summed E-state index contributed by atoms with van der Waals surface area (Å²) in [4.78, 5) is 12.0. The van der Waals surface area contributed by atoms with E-state index in [0.29, 0.717) is 22.3 Å². The lowest BCUT2D eigenvalue weighted by atomic mass is 9.85. The van der Waals surface area contributed by atoms with Gasteiger partial charge < -0.3 is 10.6 Å². The first kappa shape index (κ1) is 16.7. The van der Waals surface area contributed by atoms with Crippen molar-refractivity contribution in [3.8, 4) is 0 Å². The van der Waals surface area contributed by atoms with Crippen LogP contribution in [0.4, 0.5) is 10.5 Å². The van der Waals surface area contributed by atoms with Gasteiger partial charge in [-0.1, -0.05) is 55.2 Å². The van der Waals surface area contributed by atoms with E-state index in [0.717, 1.165) is 5.56 Å². The zero-order valence-corrected chi connectivity index (χ0v) is 14.0. The first-order valence-electron chi connectivity index (χ1n) is 6.93. The number of carbonyl (C=O) groups is 1. The molecule has 0 saturated carbocycles. The molecular formula is C17H18Cl2N2O. The van der Waals surface area contributed by atoms with Gasteiger partial charge in [0.1, 0.15) is 0 Å². The normalized spacial score (nSPS) is 11.1. The third-order valence-corrected chi connectivity index (χ3v) is 3.89. The highest BCUT2D eigenvalue weighted by Crippen LogP contribution is 2.24. The number of hydrogen-bond acceptors (Lipinski definition) is 1. The number of rotatable bonds is 4. The van der Waals surface area contributed by atoms with Crippen LogP contribution in [0.15, 0.2) is 48.5 Å². The summed E-state index contributed by atoms with van der Waals surface area (Å²) in [5.74, 6) is 0. The van der Waals surface area contributed by atoms with Crippen LogP contribution in [0.25, 0.3) is 0 Å². The van der Waals surface area contributed by atoms with Crippen molar-refractivity contribution in [3.05, 3.63) is 64.1 Å². The highest BCUT2D eigenvalue weighted by molar-refractivity contribution is 6.31. The van der Waals surface area contributed by atoms with Crippen LogP contribution in [0, 0.1) is 0 Å². The molecule has 22 heavy (non-hydrogen) atoms. The summed E-state index contributed by atoms with van der Waals surface area (Å²) in [5, 5.41) is 6.92. The van der Waals surface area contributed by atoms with Gasteiger partial charge in [0.2, 0.25) is 0 Å². The van der Waals surface area contributed by atoms with E-state index in [9.17, 15) is 4.79 Å². The van der Waals surface area contributed by atoms with E-state index < -0.39 is 0 Å². The fourth-order valence-corrected chi connectivity index (χ4v) is 2.36.